The van der Waals surface area contributed by atoms with Crippen LogP contribution < -0.4 is 10.0 Å². The van der Waals surface area contributed by atoms with Gasteiger partial charge in [0.2, 0.25) is 10.0 Å². The molecule has 20 heavy (non-hydrogen) atoms. The molecule has 0 heterocycles. The van der Waals surface area contributed by atoms with E-state index in [-0.39, 0.29) is 0 Å². The Morgan fingerprint density at radius 3 is 2.45 bits per heavy atom. The summed E-state index contributed by atoms with van der Waals surface area (Å²) in [5.74, 6) is 1.28. The third-order valence-corrected chi connectivity index (χ3v) is 5.31. The van der Waals surface area contributed by atoms with Crippen LogP contribution >= 0.6 is 11.8 Å². The number of benzene rings is 1. The van der Waals surface area contributed by atoms with Crippen molar-refractivity contribution in [3.63, 3.8) is 0 Å². The topological polar surface area (TPSA) is 58.2 Å². The summed E-state index contributed by atoms with van der Waals surface area (Å²) >= 11 is 1.72. The van der Waals surface area contributed by atoms with Crippen molar-refractivity contribution in [2.24, 2.45) is 5.92 Å². The molecule has 0 aliphatic heterocycles. The summed E-state index contributed by atoms with van der Waals surface area (Å²) < 4.78 is 26.9. The molecule has 4 nitrogen and oxygen atoms in total. The molecule has 6 heteroatoms. The van der Waals surface area contributed by atoms with Gasteiger partial charge in [-0.15, -0.1) is 0 Å². The molecule has 0 aliphatic carbocycles. The molecular weight excluding hydrogens is 292 g/mol. The second-order valence-electron chi connectivity index (χ2n) is 4.91. The maximum absolute atomic E-state index is 12.1. The molecule has 0 amide bonds. The zero-order valence-electron chi connectivity index (χ0n) is 12.3. The van der Waals surface area contributed by atoms with E-state index in [1.807, 2.05) is 32.4 Å². The van der Waals surface area contributed by atoms with Crippen molar-refractivity contribution in [1.29, 1.82) is 0 Å². The van der Waals surface area contributed by atoms with Crippen LogP contribution in [0.1, 0.15) is 12.5 Å². The lowest BCUT2D eigenvalue weighted by molar-refractivity contribution is 0.562. The van der Waals surface area contributed by atoms with Gasteiger partial charge in [0.25, 0.3) is 0 Å². The molecule has 114 valence electrons. The van der Waals surface area contributed by atoms with Crippen LogP contribution in [0.3, 0.4) is 0 Å². The Morgan fingerprint density at radius 1 is 1.25 bits per heavy atom. The lowest BCUT2D eigenvalue weighted by Gasteiger charge is -2.12. The third-order valence-electron chi connectivity index (χ3n) is 2.97. The minimum atomic E-state index is -3.39. The average molecular weight is 316 g/mol. The maximum atomic E-state index is 12.1. The molecule has 0 bridgehead atoms. The lowest BCUT2D eigenvalue weighted by atomic mass is 10.1. The number of nitrogens with one attached hydrogen (secondary N) is 2. The number of sulfonamides is 1. The normalized spacial score (nSPS) is 13.3. The SMILES string of the molecule is CNCCc1ccc(S(=O)(=O)NCC(C)CSC)cc1. The minimum Gasteiger partial charge on any atom is -0.319 e. The molecule has 1 unspecified atom stereocenters. The summed E-state index contributed by atoms with van der Waals surface area (Å²) in [4.78, 5) is 0.335. The zero-order chi connectivity index (χ0) is 15.0. The van der Waals surface area contributed by atoms with Crippen LogP contribution in [-0.2, 0) is 16.4 Å². The molecule has 1 rings (SSSR count). The first-order chi connectivity index (χ1) is 9.49. The van der Waals surface area contributed by atoms with E-state index in [0.29, 0.717) is 17.4 Å². The summed E-state index contributed by atoms with van der Waals surface area (Å²) in [7, 11) is -1.48. The van der Waals surface area contributed by atoms with Crippen LogP contribution in [0.4, 0.5) is 0 Å². The van der Waals surface area contributed by atoms with Gasteiger partial charge in [0.05, 0.1) is 4.90 Å². The van der Waals surface area contributed by atoms with E-state index >= 15 is 0 Å². The first-order valence-corrected chi connectivity index (χ1v) is 9.59. The summed E-state index contributed by atoms with van der Waals surface area (Å²) in [6, 6.07) is 7.09. The van der Waals surface area contributed by atoms with Gasteiger partial charge < -0.3 is 5.32 Å². The van der Waals surface area contributed by atoms with Crippen LogP contribution in [0, 0.1) is 5.92 Å². The smallest absolute Gasteiger partial charge is 0.240 e. The highest BCUT2D eigenvalue weighted by molar-refractivity contribution is 7.98. The van der Waals surface area contributed by atoms with E-state index in [4.69, 9.17) is 0 Å². The van der Waals surface area contributed by atoms with Crippen molar-refractivity contribution in [2.75, 3.05) is 32.1 Å². The Kier molecular flexibility index (Phi) is 7.58. The number of thioether (sulfide) groups is 1. The molecule has 0 aliphatic rings. The van der Waals surface area contributed by atoms with Gasteiger partial charge in [-0.05, 0) is 55.6 Å². The largest absolute Gasteiger partial charge is 0.319 e. The van der Waals surface area contributed by atoms with Gasteiger partial charge >= 0.3 is 0 Å². The lowest BCUT2D eigenvalue weighted by Crippen LogP contribution is -2.29. The van der Waals surface area contributed by atoms with Gasteiger partial charge in [0.15, 0.2) is 0 Å². The number of likely N-dealkylation sites (N-methyl/N-ethyl adjacent to an activating group) is 1. The number of hydrogen-bond acceptors (Lipinski definition) is 4. The van der Waals surface area contributed by atoms with Gasteiger partial charge in [0.1, 0.15) is 0 Å². The van der Waals surface area contributed by atoms with E-state index < -0.39 is 10.0 Å². The Balaban J connectivity index is 2.63. The molecule has 0 radical (unpaired) electrons. The third kappa shape index (κ3) is 5.83. The van der Waals surface area contributed by atoms with Crippen LogP contribution in [0.25, 0.3) is 0 Å². The van der Waals surface area contributed by atoms with Crippen molar-refractivity contribution in [3.8, 4) is 0 Å². The Labute approximate surface area is 126 Å². The molecule has 0 fully saturated rings. The Morgan fingerprint density at radius 2 is 1.90 bits per heavy atom. The highest BCUT2D eigenvalue weighted by atomic mass is 32.2. The fourth-order valence-electron chi connectivity index (χ4n) is 1.78. The predicted molar refractivity (Wildman–Crippen MR) is 86.8 cm³/mol. The second kappa shape index (κ2) is 8.67. The average Bonchev–Trinajstić information content (AvgIpc) is 2.44. The van der Waals surface area contributed by atoms with Crippen LogP contribution in [-0.4, -0.2) is 40.6 Å². The molecule has 0 saturated heterocycles. The maximum Gasteiger partial charge on any atom is 0.240 e. The quantitative estimate of drug-likeness (QED) is 0.728. The summed E-state index contributed by atoms with van der Waals surface area (Å²) in [5.41, 5.74) is 1.13. The van der Waals surface area contributed by atoms with Gasteiger partial charge in [-0.25, -0.2) is 13.1 Å². The molecule has 1 aromatic carbocycles. The van der Waals surface area contributed by atoms with Crippen LogP contribution in [0.15, 0.2) is 29.2 Å². The van der Waals surface area contributed by atoms with Crippen molar-refractivity contribution in [3.05, 3.63) is 29.8 Å². The first-order valence-electron chi connectivity index (χ1n) is 6.71. The van der Waals surface area contributed by atoms with Gasteiger partial charge in [-0.2, -0.15) is 11.8 Å². The zero-order valence-corrected chi connectivity index (χ0v) is 14.0. The molecule has 1 atom stereocenters. The highest BCUT2D eigenvalue weighted by Gasteiger charge is 2.14. The molecule has 0 spiro atoms. The summed E-state index contributed by atoms with van der Waals surface area (Å²) in [6.07, 6.45) is 2.92. The number of hydrogen-bond donors (Lipinski definition) is 2. The monoisotopic (exact) mass is 316 g/mol. The van der Waals surface area contributed by atoms with E-state index in [2.05, 4.69) is 10.0 Å². The van der Waals surface area contributed by atoms with Crippen molar-refractivity contribution >= 4 is 21.8 Å². The van der Waals surface area contributed by atoms with E-state index in [9.17, 15) is 8.42 Å². The highest BCUT2D eigenvalue weighted by Crippen LogP contribution is 2.12. The van der Waals surface area contributed by atoms with Gasteiger partial charge in [-0.1, -0.05) is 19.1 Å². The summed E-state index contributed by atoms with van der Waals surface area (Å²) in [5, 5.41) is 3.07. The molecular formula is C14H24N2O2S2. The molecule has 2 N–H and O–H groups in total. The van der Waals surface area contributed by atoms with Crippen molar-refractivity contribution in [2.45, 2.75) is 18.2 Å². The first kappa shape index (κ1) is 17.5. The molecule has 1 aromatic rings. The van der Waals surface area contributed by atoms with Gasteiger partial charge in [0, 0.05) is 6.54 Å². The van der Waals surface area contributed by atoms with E-state index in [1.165, 1.54) is 0 Å². The Hall–Kier alpha value is -0.560. The van der Waals surface area contributed by atoms with Gasteiger partial charge in [-0.3, -0.25) is 0 Å². The Bertz CT molecular complexity index is 486. The van der Waals surface area contributed by atoms with Crippen LogP contribution in [0.2, 0.25) is 0 Å². The van der Waals surface area contributed by atoms with Crippen LogP contribution in [0.5, 0.6) is 0 Å². The molecule has 0 aromatic heterocycles. The summed E-state index contributed by atoms with van der Waals surface area (Å²) in [6.45, 7) is 3.40. The van der Waals surface area contributed by atoms with E-state index in [1.54, 1.807) is 23.9 Å². The van der Waals surface area contributed by atoms with E-state index in [0.717, 1.165) is 24.3 Å². The second-order valence-corrected chi connectivity index (χ2v) is 7.59. The fourth-order valence-corrected chi connectivity index (χ4v) is 3.64. The standard InChI is InChI=1S/C14H24N2O2S2/c1-12(11-19-3)10-16-20(17,18)14-6-4-13(5-7-14)8-9-15-2/h4-7,12,15-16H,8-11H2,1-3H3. The predicted octanol–water partition coefficient (Wildman–Crippen LogP) is 1.73. The van der Waals surface area contributed by atoms with Crippen molar-refractivity contribution in [1.82, 2.24) is 10.0 Å². The molecule has 0 saturated carbocycles. The fraction of sp³-hybridized carbons (Fsp3) is 0.571. The minimum absolute atomic E-state index is 0.328. The number of rotatable bonds is 9. The van der Waals surface area contributed by atoms with Crippen molar-refractivity contribution < 1.29 is 8.42 Å².